The molecule has 1 aromatic carbocycles. The van der Waals surface area contributed by atoms with Crippen LogP contribution in [0, 0.1) is 5.92 Å². The second-order valence-electron chi connectivity index (χ2n) is 12.5. The second-order valence-corrected chi connectivity index (χ2v) is 12.5. The molecule has 0 saturated carbocycles. The highest BCUT2D eigenvalue weighted by Crippen LogP contribution is 2.18. The van der Waals surface area contributed by atoms with Gasteiger partial charge in [0.05, 0.1) is 12.3 Å². The lowest BCUT2D eigenvalue weighted by Crippen LogP contribution is -2.50. The van der Waals surface area contributed by atoms with Gasteiger partial charge in [-0.3, -0.25) is 14.4 Å². The zero-order valence-electron chi connectivity index (χ0n) is 28.1. The maximum Gasteiger partial charge on any atom is 0.327 e. The number of hydrogen-bond acceptors (Lipinski definition) is 5. The van der Waals surface area contributed by atoms with E-state index in [9.17, 15) is 29.4 Å². The largest absolute Gasteiger partial charge is 0.481 e. The van der Waals surface area contributed by atoms with Crippen LogP contribution in [0.25, 0.3) is 0 Å². The van der Waals surface area contributed by atoms with Crippen LogP contribution in [-0.2, 0) is 30.3 Å². The average molecular weight is 632 g/mol. The molecule has 8 nitrogen and oxygen atoms in total. The molecule has 1 unspecified atom stereocenters. The van der Waals surface area contributed by atoms with Crippen LogP contribution in [0.1, 0.15) is 154 Å². The number of carboxylic acid groups (broad SMARTS) is 2. The Bertz CT molecular complexity index is 936. The Morgan fingerprint density at radius 3 is 1.64 bits per heavy atom. The van der Waals surface area contributed by atoms with Gasteiger partial charge in [-0.05, 0) is 31.2 Å². The first kappa shape index (κ1) is 40.1. The molecule has 0 bridgehead atoms. The van der Waals surface area contributed by atoms with Crippen LogP contribution in [-0.4, -0.2) is 46.2 Å². The van der Waals surface area contributed by atoms with Crippen LogP contribution in [0.4, 0.5) is 0 Å². The molecule has 8 heteroatoms. The Morgan fingerprint density at radius 1 is 0.667 bits per heavy atom. The molecular formula is C37H61NO7. The third kappa shape index (κ3) is 20.7. The molecule has 0 aliphatic carbocycles. The Hall–Kier alpha value is -2.90. The molecule has 1 aromatic rings. The van der Waals surface area contributed by atoms with E-state index in [1.165, 1.54) is 70.6 Å². The molecule has 0 saturated heterocycles. The summed E-state index contributed by atoms with van der Waals surface area (Å²) < 4.78 is 5.75. The highest BCUT2D eigenvalue weighted by atomic mass is 16.5. The average Bonchev–Trinajstić information content (AvgIpc) is 3.01. The Morgan fingerprint density at radius 2 is 1.16 bits per heavy atom. The summed E-state index contributed by atoms with van der Waals surface area (Å²) in [4.78, 5) is 49.9. The first-order valence-electron chi connectivity index (χ1n) is 17.8. The predicted octanol–water partition coefficient (Wildman–Crippen LogP) is 8.64. The number of nitrogens with one attached hydrogen (secondary N) is 1. The summed E-state index contributed by atoms with van der Waals surface area (Å²) in [6.07, 6.45) is 20.4. The summed E-state index contributed by atoms with van der Waals surface area (Å²) in [5.41, 5.74) is 0.666. The van der Waals surface area contributed by atoms with E-state index in [2.05, 4.69) is 19.2 Å². The maximum absolute atomic E-state index is 13.1. The van der Waals surface area contributed by atoms with Crippen molar-refractivity contribution in [2.24, 2.45) is 5.92 Å². The molecule has 3 N–H and O–H groups in total. The van der Waals surface area contributed by atoms with Crippen molar-refractivity contribution < 1.29 is 34.1 Å². The monoisotopic (exact) mass is 631 g/mol. The predicted molar refractivity (Wildman–Crippen MR) is 179 cm³/mol. The number of carboxylic acids is 2. The zero-order chi connectivity index (χ0) is 33.1. The van der Waals surface area contributed by atoms with Gasteiger partial charge in [-0.1, -0.05) is 147 Å². The number of carbonyl (C=O) groups is 4. The normalized spacial score (nSPS) is 13.1. The van der Waals surface area contributed by atoms with Crippen molar-refractivity contribution in [2.45, 2.75) is 167 Å². The van der Waals surface area contributed by atoms with Gasteiger partial charge in [-0.2, -0.15) is 0 Å². The quantitative estimate of drug-likeness (QED) is 0.0596. The minimum atomic E-state index is -1.61. The highest BCUT2D eigenvalue weighted by molar-refractivity contribution is 5.88. The number of unbranched alkanes of at least 4 members (excludes halogenated alkanes) is 16. The van der Waals surface area contributed by atoms with Gasteiger partial charge < -0.3 is 20.3 Å². The van der Waals surface area contributed by atoms with E-state index in [-0.39, 0.29) is 18.8 Å². The third-order valence-corrected chi connectivity index (χ3v) is 8.43. The van der Waals surface area contributed by atoms with E-state index in [1.54, 1.807) is 30.3 Å². The van der Waals surface area contributed by atoms with Gasteiger partial charge in [0.25, 0.3) is 0 Å². The topological polar surface area (TPSA) is 130 Å². The smallest absolute Gasteiger partial charge is 0.327 e. The molecule has 45 heavy (non-hydrogen) atoms. The molecule has 0 radical (unpaired) electrons. The van der Waals surface area contributed by atoms with Crippen LogP contribution in [0.2, 0.25) is 0 Å². The molecule has 0 fully saturated rings. The molecule has 1 amide bonds. The van der Waals surface area contributed by atoms with Crippen molar-refractivity contribution in [3.05, 3.63) is 35.9 Å². The van der Waals surface area contributed by atoms with E-state index < -0.39 is 35.9 Å². The molecule has 0 aliphatic rings. The van der Waals surface area contributed by atoms with Crippen LogP contribution in [0.3, 0.4) is 0 Å². The summed E-state index contributed by atoms with van der Waals surface area (Å²) in [5, 5.41) is 22.1. The van der Waals surface area contributed by atoms with Gasteiger partial charge in [-0.25, -0.2) is 4.79 Å². The van der Waals surface area contributed by atoms with Gasteiger partial charge in [0.1, 0.15) is 12.1 Å². The maximum atomic E-state index is 13.1. The minimum Gasteiger partial charge on any atom is -0.481 e. The van der Waals surface area contributed by atoms with Crippen LogP contribution in [0.15, 0.2) is 30.3 Å². The lowest BCUT2D eigenvalue weighted by Gasteiger charge is -2.23. The fraction of sp³-hybridized carbons (Fsp3) is 0.730. The van der Waals surface area contributed by atoms with Crippen molar-refractivity contribution >= 4 is 23.8 Å². The summed E-state index contributed by atoms with van der Waals surface area (Å²) in [5.74, 6) is -5.03. The van der Waals surface area contributed by atoms with E-state index >= 15 is 0 Å². The van der Waals surface area contributed by atoms with Crippen LogP contribution in [0.5, 0.6) is 0 Å². The van der Waals surface area contributed by atoms with Gasteiger partial charge in [0.2, 0.25) is 5.91 Å². The Labute approximate surface area is 272 Å². The Kier molecular flexibility index (Phi) is 23.5. The van der Waals surface area contributed by atoms with Gasteiger partial charge in [0.15, 0.2) is 0 Å². The summed E-state index contributed by atoms with van der Waals surface area (Å²) in [7, 11) is 0. The van der Waals surface area contributed by atoms with Crippen molar-refractivity contribution in [2.75, 3.05) is 0 Å². The molecule has 0 aromatic heterocycles. The SMILES string of the molecule is CCCCCCCCCCCC(=O)O[C@@H](CCCCCCCCCCC)CC(=O)N[C@@H](C(=O)O)C(Cc1ccccc1)C(=O)O. The van der Waals surface area contributed by atoms with Gasteiger partial charge >= 0.3 is 17.9 Å². The number of hydrogen-bond donors (Lipinski definition) is 3. The van der Waals surface area contributed by atoms with Gasteiger partial charge in [0, 0.05) is 6.42 Å². The third-order valence-electron chi connectivity index (χ3n) is 8.43. The first-order valence-corrected chi connectivity index (χ1v) is 17.8. The fourth-order valence-corrected chi connectivity index (χ4v) is 5.70. The molecule has 0 aliphatic heterocycles. The van der Waals surface area contributed by atoms with Crippen LogP contribution >= 0.6 is 0 Å². The van der Waals surface area contributed by atoms with Crippen molar-refractivity contribution in [3.63, 3.8) is 0 Å². The number of ether oxygens (including phenoxy) is 1. The molecule has 0 heterocycles. The molecule has 3 atom stereocenters. The fourth-order valence-electron chi connectivity index (χ4n) is 5.70. The lowest BCUT2D eigenvalue weighted by atomic mass is 9.91. The molecule has 1 rings (SSSR count). The number of aliphatic carboxylic acids is 2. The van der Waals surface area contributed by atoms with Crippen molar-refractivity contribution in [3.8, 4) is 0 Å². The second kappa shape index (κ2) is 26.3. The molecule has 256 valence electrons. The minimum absolute atomic E-state index is 0.0387. The number of carbonyl (C=O) groups excluding carboxylic acids is 2. The van der Waals surface area contributed by atoms with E-state index in [1.807, 2.05) is 0 Å². The summed E-state index contributed by atoms with van der Waals surface area (Å²) in [6.45, 7) is 4.41. The first-order chi connectivity index (χ1) is 21.8. The standard InChI is InChI=1S/C37H61NO7/c1-3-5-7-9-11-13-15-17-22-26-31(45-34(40)27-23-18-16-14-12-10-8-6-4-2)29-33(39)38-35(37(43)44)32(36(41)42)28-30-24-20-19-21-25-30/h19-21,24-25,31-32,35H,3-18,22-23,26-29H2,1-2H3,(H,38,39)(H,41,42)(H,43,44)/t31-,32?,35+/m0/s1. The number of esters is 1. The number of rotatable bonds is 29. The summed E-state index contributed by atoms with van der Waals surface area (Å²) in [6, 6.07) is 7.14. The summed E-state index contributed by atoms with van der Waals surface area (Å²) >= 11 is 0. The molecule has 0 spiro atoms. The number of amides is 1. The van der Waals surface area contributed by atoms with E-state index in [0.29, 0.717) is 18.4 Å². The van der Waals surface area contributed by atoms with Crippen molar-refractivity contribution in [1.29, 1.82) is 0 Å². The van der Waals surface area contributed by atoms with Crippen LogP contribution < -0.4 is 5.32 Å². The number of benzene rings is 1. The highest BCUT2D eigenvalue weighted by Gasteiger charge is 2.35. The van der Waals surface area contributed by atoms with Crippen molar-refractivity contribution in [1.82, 2.24) is 5.32 Å². The van der Waals surface area contributed by atoms with E-state index in [0.717, 1.165) is 44.9 Å². The zero-order valence-corrected chi connectivity index (χ0v) is 28.1. The Balaban J connectivity index is 2.67. The lowest BCUT2D eigenvalue weighted by molar-refractivity contribution is -0.153. The van der Waals surface area contributed by atoms with Gasteiger partial charge in [-0.15, -0.1) is 0 Å². The molecular weight excluding hydrogens is 570 g/mol. The van der Waals surface area contributed by atoms with E-state index in [4.69, 9.17) is 4.74 Å².